The minimum Gasteiger partial charge on any atom is -0.308 e. The van der Waals surface area contributed by atoms with Gasteiger partial charge in [-0.2, -0.15) is 0 Å². The summed E-state index contributed by atoms with van der Waals surface area (Å²) >= 11 is 1.97. The third-order valence-corrected chi connectivity index (χ3v) is 6.09. The zero-order chi connectivity index (χ0) is 13.3. The van der Waals surface area contributed by atoms with Crippen molar-refractivity contribution in [1.82, 2.24) is 15.2 Å². The van der Waals surface area contributed by atoms with Crippen molar-refractivity contribution >= 4 is 11.3 Å². The second kappa shape index (κ2) is 5.51. The lowest BCUT2D eigenvalue weighted by Crippen LogP contribution is -2.49. The molecule has 0 saturated carbocycles. The Labute approximate surface area is 120 Å². The monoisotopic (exact) mass is 279 g/mol. The van der Waals surface area contributed by atoms with E-state index in [0.717, 1.165) is 0 Å². The van der Waals surface area contributed by atoms with Crippen molar-refractivity contribution in [3.63, 3.8) is 0 Å². The van der Waals surface area contributed by atoms with E-state index in [2.05, 4.69) is 24.2 Å². The highest BCUT2D eigenvalue weighted by Crippen LogP contribution is 2.38. The van der Waals surface area contributed by atoms with Gasteiger partial charge >= 0.3 is 0 Å². The standard InChI is InChI=1S/C15H25N3S/c1-3-9-18-10-7-15(16-2,8-11-18)14-17-12-5-4-6-13(12)19-14/h16H,3-11H2,1-2H3. The Kier molecular flexibility index (Phi) is 3.92. The molecule has 1 saturated heterocycles. The summed E-state index contributed by atoms with van der Waals surface area (Å²) in [6.07, 6.45) is 7.44. The first kappa shape index (κ1) is 13.5. The number of aromatic nitrogens is 1. The average molecular weight is 279 g/mol. The van der Waals surface area contributed by atoms with Crippen LogP contribution in [-0.2, 0) is 18.4 Å². The Morgan fingerprint density at radius 3 is 2.74 bits per heavy atom. The lowest BCUT2D eigenvalue weighted by molar-refractivity contribution is 0.140. The Morgan fingerprint density at radius 2 is 2.11 bits per heavy atom. The summed E-state index contributed by atoms with van der Waals surface area (Å²) in [5, 5.41) is 4.96. The molecule has 0 spiro atoms. The summed E-state index contributed by atoms with van der Waals surface area (Å²) in [4.78, 5) is 9.12. The highest BCUT2D eigenvalue weighted by molar-refractivity contribution is 7.12. The lowest BCUT2D eigenvalue weighted by Gasteiger charge is -2.40. The molecule has 4 heteroatoms. The van der Waals surface area contributed by atoms with E-state index < -0.39 is 0 Å². The first-order valence-electron chi connectivity index (χ1n) is 7.68. The Balaban J connectivity index is 1.76. The summed E-state index contributed by atoms with van der Waals surface area (Å²) in [5.41, 5.74) is 1.55. The zero-order valence-corrected chi connectivity index (χ0v) is 13.0. The van der Waals surface area contributed by atoms with Crippen LogP contribution >= 0.6 is 11.3 Å². The van der Waals surface area contributed by atoms with Crippen molar-refractivity contribution in [3.05, 3.63) is 15.6 Å². The molecule has 19 heavy (non-hydrogen) atoms. The summed E-state index contributed by atoms with van der Waals surface area (Å²) < 4.78 is 0. The Morgan fingerprint density at radius 1 is 1.32 bits per heavy atom. The van der Waals surface area contributed by atoms with Gasteiger partial charge in [-0.25, -0.2) is 4.98 Å². The number of hydrogen-bond donors (Lipinski definition) is 1. The van der Waals surface area contributed by atoms with Gasteiger partial charge in [0.2, 0.25) is 0 Å². The van der Waals surface area contributed by atoms with Crippen molar-refractivity contribution in [1.29, 1.82) is 0 Å². The van der Waals surface area contributed by atoms with E-state index in [9.17, 15) is 0 Å². The molecule has 1 aromatic rings. The number of thiazole rings is 1. The summed E-state index contributed by atoms with van der Waals surface area (Å²) in [5.74, 6) is 0. The van der Waals surface area contributed by atoms with Gasteiger partial charge in [0, 0.05) is 18.0 Å². The SMILES string of the molecule is CCCN1CCC(NC)(c2nc3c(s2)CCC3)CC1. The van der Waals surface area contributed by atoms with Crippen LogP contribution < -0.4 is 5.32 Å². The highest BCUT2D eigenvalue weighted by atomic mass is 32.1. The third-order valence-electron chi connectivity index (χ3n) is 4.73. The van der Waals surface area contributed by atoms with E-state index in [1.165, 1.54) is 68.9 Å². The minimum absolute atomic E-state index is 0.152. The first-order chi connectivity index (χ1) is 9.27. The second-order valence-corrected chi connectivity index (χ2v) is 7.00. The van der Waals surface area contributed by atoms with Gasteiger partial charge in [-0.1, -0.05) is 6.92 Å². The Hall–Kier alpha value is -0.450. The van der Waals surface area contributed by atoms with E-state index in [4.69, 9.17) is 4.98 Å². The van der Waals surface area contributed by atoms with E-state index in [1.54, 1.807) is 4.88 Å². The van der Waals surface area contributed by atoms with Crippen LogP contribution in [0.5, 0.6) is 0 Å². The lowest BCUT2D eigenvalue weighted by atomic mass is 9.88. The van der Waals surface area contributed by atoms with Crippen molar-refractivity contribution in [3.8, 4) is 0 Å². The van der Waals surface area contributed by atoms with Gasteiger partial charge in [-0.15, -0.1) is 11.3 Å². The maximum absolute atomic E-state index is 4.97. The van der Waals surface area contributed by atoms with Crippen LogP contribution in [0.15, 0.2) is 0 Å². The second-order valence-electron chi connectivity index (χ2n) is 5.92. The van der Waals surface area contributed by atoms with Crippen LogP contribution in [0, 0.1) is 0 Å². The fourth-order valence-corrected chi connectivity index (χ4v) is 4.84. The van der Waals surface area contributed by atoms with Gasteiger partial charge in [-0.3, -0.25) is 0 Å². The van der Waals surface area contributed by atoms with E-state index in [1.807, 2.05) is 11.3 Å². The van der Waals surface area contributed by atoms with Gasteiger partial charge in [-0.05, 0) is 52.1 Å². The molecule has 1 aliphatic carbocycles. The number of nitrogens with one attached hydrogen (secondary N) is 1. The zero-order valence-electron chi connectivity index (χ0n) is 12.2. The van der Waals surface area contributed by atoms with Gasteiger partial charge in [0.05, 0.1) is 11.2 Å². The molecule has 2 heterocycles. The molecule has 3 nitrogen and oxygen atoms in total. The molecule has 0 bridgehead atoms. The first-order valence-corrected chi connectivity index (χ1v) is 8.49. The van der Waals surface area contributed by atoms with Gasteiger partial charge < -0.3 is 10.2 Å². The number of hydrogen-bond acceptors (Lipinski definition) is 4. The maximum Gasteiger partial charge on any atom is 0.113 e. The highest BCUT2D eigenvalue weighted by Gasteiger charge is 2.38. The molecule has 3 rings (SSSR count). The molecule has 1 aromatic heterocycles. The molecule has 0 atom stereocenters. The summed E-state index contributed by atoms with van der Waals surface area (Å²) in [6, 6.07) is 0. The molecule has 0 radical (unpaired) electrons. The molecule has 1 fully saturated rings. The fourth-order valence-electron chi connectivity index (χ4n) is 3.44. The molecule has 1 aliphatic heterocycles. The largest absolute Gasteiger partial charge is 0.308 e. The molecule has 1 N–H and O–H groups in total. The number of fused-ring (bicyclic) bond motifs is 1. The minimum atomic E-state index is 0.152. The normalized spacial score (nSPS) is 22.6. The van der Waals surface area contributed by atoms with E-state index >= 15 is 0 Å². The van der Waals surface area contributed by atoms with Crippen LogP contribution in [-0.4, -0.2) is 36.6 Å². The van der Waals surface area contributed by atoms with Crippen molar-refractivity contribution < 1.29 is 0 Å². The molecule has 2 aliphatic rings. The van der Waals surface area contributed by atoms with Crippen LogP contribution in [0.4, 0.5) is 0 Å². The Bertz CT molecular complexity index is 411. The van der Waals surface area contributed by atoms with Crippen LogP contribution in [0.2, 0.25) is 0 Å². The summed E-state index contributed by atoms with van der Waals surface area (Å²) in [7, 11) is 2.11. The predicted molar refractivity (Wildman–Crippen MR) is 80.8 cm³/mol. The molecular weight excluding hydrogens is 254 g/mol. The van der Waals surface area contributed by atoms with Crippen LogP contribution in [0.1, 0.15) is 48.2 Å². The van der Waals surface area contributed by atoms with Gasteiger partial charge in [0.25, 0.3) is 0 Å². The number of piperidine rings is 1. The fraction of sp³-hybridized carbons (Fsp3) is 0.800. The third kappa shape index (κ3) is 2.46. The number of likely N-dealkylation sites (tertiary alicyclic amines) is 1. The average Bonchev–Trinajstić information content (AvgIpc) is 3.01. The van der Waals surface area contributed by atoms with Gasteiger partial charge in [0.1, 0.15) is 5.01 Å². The van der Waals surface area contributed by atoms with E-state index in [0.29, 0.717) is 0 Å². The van der Waals surface area contributed by atoms with E-state index in [-0.39, 0.29) is 5.54 Å². The maximum atomic E-state index is 4.97. The molecule has 0 aromatic carbocycles. The molecule has 0 unspecified atom stereocenters. The van der Waals surface area contributed by atoms with Crippen LogP contribution in [0.25, 0.3) is 0 Å². The van der Waals surface area contributed by atoms with Crippen LogP contribution in [0.3, 0.4) is 0 Å². The molecule has 0 amide bonds. The molecule has 106 valence electrons. The topological polar surface area (TPSA) is 28.2 Å². The predicted octanol–water partition coefficient (Wildman–Crippen LogP) is 2.55. The number of nitrogens with zero attached hydrogens (tertiary/aromatic N) is 2. The molecular formula is C15H25N3S. The number of rotatable bonds is 4. The van der Waals surface area contributed by atoms with Crippen molar-refractivity contribution in [2.45, 2.75) is 51.0 Å². The van der Waals surface area contributed by atoms with Crippen molar-refractivity contribution in [2.75, 3.05) is 26.7 Å². The smallest absolute Gasteiger partial charge is 0.113 e. The van der Waals surface area contributed by atoms with Gasteiger partial charge in [0.15, 0.2) is 0 Å². The number of aryl methyl sites for hydroxylation is 2. The van der Waals surface area contributed by atoms with Crippen molar-refractivity contribution in [2.24, 2.45) is 0 Å². The summed E-state index contributed by atoms with van der Waals surface area (Å²) in [6.45, 7) is 5.93. The quantitative estimate of drug-likeness (QED) is 0.918.